The van der Waals surface area contributed by atoms with Crippen molar-refractivity contribution in [2.75, 3.05) is 39.3 Å². The van der Waals surface area contributed by atoms with Crippen LogP contribution in [0.4, 0.5) is 5.69 Å². The first-order chi connectivity index (χ1) is 9.75. The van der Waals surface area contributed by atoms with E-state index in [2.05, 4.69) is 10.2 Å². The number of ether oxygens (including phenoxy) is 1. The van der Waals surface area contributed by atoms with E-state index in [-0.39, 0.29) is 5.69 Å². The molecule has 1 aliphatic rings. The van der Waals surface area contributed by atoms with Crippen LogP contribution in [0.1, 0.15) is 12.8 Å². The largest absolute Gasteiger partial charge is 0.494 e. The van der Waals surface area contributed by atoms with Crippen molar-refractivity contribution < 1.29 is 9.66 Å². The highest BCUT2D eigenvalue weighted by atomic mass is 16.6. The lowest BCUT2D eigenvalue weighted by Crippen LogP contribution is -2.43. The van der Waals surface area contributed by atoms with Crippen molar-refractivity contribution in [2.24, 2.45) is 0 Å². The lowest BCUT2D eigenvalue weighted by Gasteiger charge is -2.26. The highest BCUT2D eigenvalue weighted by Gasteiger charge is 2.08. The van der Waals surface area contributed by atoms with Crippen molar-refractivity contribution in [3.05, 3.63) is 34.4 Å². The summed E-state index contributed by atoms with van der Waals surface area (Å²) in [5, 5.41) is 13.9. The number of unbranched alkanes of at least 4 members (excludes halogenated alkanes) is 1. The van der Waals surface area contributed by atoms with E-state index in [1.807, 2.05) is 0 Å². The molecule has 0 aromatic heterocycles. The molecule has 0 saturated carbocycles. The van der Waals surface area contributed by atoms with E-state index >= 15 is 0 Å². The highest BCUT2D eigenvalue weighted by molar-refractivity contribution is 5.35. The van der Waals surface area contributed by atoms with Crippen molar-refractivity contribution >= 4 is 5.69 Å². The van der Waals surface area contributed by atoms with E-state index in [0.29, 0.717) is 12.4 Å². The highest BCUT2D eigenvalue weighted by Crippen LogP contribution is 2.17. The molecule has 1 aromatic carbocycles. The first-order valence-electron chi connectivity index (χ1n) is 7.06. The zero-order valence-electron chi connectivity index (χ0n) is 11.6. The maximum atomic E-state index is 10.5. The third kappa shape index (κ3) is 4.79. The molecule has 20 heavy (non-hydrogen) atoms. The van der Waals surface area contributed by atoms with Crippen LogP contribution >= 0.6 is 0 Å². The van der Waals surface area contributed by atoms with Gasteiger partial charge >= 0.3 is 0 Å². The lowest BCUT2D eigenvalue weighted by molar-refractivity contribution is -0.384. The van der Waals surface area contributed by atoms with Gasteiger partial charge in [0, 0.05) is 38.3 Å². The fourth-order valence-corrected chi connectivity index (χ4v) is 2.23. The van der Waals surface area contributed by atoms with Crippen molar-refractivity contribution in [3.8, 4) is 5.75 Å². The quantitative estimate of drug-likeness (QED) is 0.467. The Hall–Kier alpha value is -1.66. The summed E-state index contributed by atoms with van der Waals surface area (Å²) >= 11 is 0. The van der Waals surface area contributed by atoms with Gasteiger partial charge in [0.15, 0.2) is 0 Å². The zero-order valence-corrected chi connectivity index (χ0v) is 11.6. The monoisotopic (exact) mass is 279 g/mol. The third-order valence-electron chi connectivity index (χ3n) is 3.39. The van der Waals surface area contributed by atoms with Gasteiger partial charge < -0.3 is 15.0 Å². The van der Waals surface area contributed by atoms with Crippen LogP contribution in [0.2, 0.25) is 0 Å². The number of non-ortho nitro benzene ring substituents is 1. The number of nitrogens with zero attached hydrogens (tertiary/aromatic N) is 2. The Morgan fingerprint density at radius 3 is 2.55 bits per heavy atom. The molecule has 1 aliphatic heterocycles. The average molecular weight is 279 g/mol. The standard InChI is InChI=1S/C14H21N3O3/c18-17(19)13-3-5-14(6-4-13)20-12-2-1-9-16-10-7-15-8-11-16/h3-6,15H,1-2,7-12H2. The predicted octanol–water partition coefficient (Wildman–Crippen LogP) is 1.66. The molecular weight excluding hydrogens is 258 g/mol. The summed E-state index contributed by atoms with van der Waals surface area (Å²) < 4.78 is 5.58. The van der Waals surface area contributed by atoms with E-state index in [0.717, 1.165) is 45.6 Å². The Labute approximate surface area is 118 Å². The fraction of sp³-hybridized carbons (Fsp3) is 0.571. The van der Waals surface area contributed by atoms with Crippen LogP contribution in [0.5, 0.6) is 5.75 Å². The number of benzene rings is 1. The molecule has 1 aromatic rings. The SMILES string of the molecule is O=[N+]([O-])c1ccc(OCCCCN2CCNCC2)cc1. The summed E-state index contributed by atoms with van der Waals surface area (Å²) in [5.74, 6) is 0.692. The van der Waals surface area contributed by atoms with Crippen molar-refractivity contribution in [2.45, 2.75) is 12.8 Å². The molecule has 6 heteroatoms. The molecule has 0 radical (unpaired) electrons. The van der Waals surface area contributed by atoms with Crippen LogP contribution in [0.25, 0.3) is 0 Å². The number of nitrogens with one attached hydrogen (secondary N) is 1. The van der Waals surface area contributed by atoms with Gasteiger partial charge in [-0.2, -0.15) is 0 Å². The van der Waals surface area contributed by atoms with Gasteiger partial charge in [-0.3, -0.25) is 10.1 Å². The number of nitro groups is 1. The third-order valence-corrected chi connectivity index (χ3v) is 3.39. The molecule has 0 spiro atoms. The van der Waals surface area contributed by atoms with Crippen LogP contribution in [0, 0.1) is 10.1 Å². The summed E-state index contributed by atoms with van der Waals surface area (Å²) in [4.78, 5) is 12.6. The maximum absolute atomic E-state index is 10.5. The number of hydrogen-bond acceptors (Lipinski definition) is 5. The molecule has 110 valence electrons. The van der Waals surface area contributed by atoms with Gasteiger partial charge in [-0.05, 0) is 31.5 Å². The molecule has 1 saturated heterocycles. The molecular formula is C14H21N3O3. The van der Waals surface area contributed by atoms with Crippen LogP contribution in [-0.2, 0) is 0 Å². The molecule has 0 aliphatic carbocycles. The summed E-state index contributed by atoms with van der Waals surface area (Å²) in [6.07, 6.45) is 2.12. The summed E-state index contributed by atoms with van der Waals surface area (Å²) in [6, 6.07) is 6.23. The van der Waals surface area contributed by atoms with E-state index in [1.54, 1.807) is 12.1 Å². The van der Waals surface area contributed by atoms with E-state index in [1.165, 1.54) is 12.1 Å². The Morgan fingerprint density at radius 1 is 1.20 bits per heavy atom. The molecule has 1 N–H and O–H groups in total. The molecule has 0 amide bonds. The normalized spacial score (nSPS) is 16.0. The smallest absolute Gasteiger partial charge is 0.269 e. The summed E-state index contributed by atoms with van der Waals surface area (Å²) in [5.41, 5.74) is 0.0936. The van der Waals surface area contributed by atoms with Crippen molar-refractivity contribution in [3.63, 3.8) is 0 Å². The van der Waals surface area contributed by atoms with Crippen molar-refractivity contribution in [1.82, 2.24) is 10.2 Å². The summed E-state index contributed by atoms with van der Waals surface area (Å²) in [6.45, 7) is 6.19. The second-order valence-corrected chi connectivity index (χ2v) is 4.90. The first kappa shape index (κ1) is 14.7. The van der Waals surface area contributed by atoms with E-state index in [9.17, 15) is 10.1 Å². The molecule has 0 atom stereocenters. The minimum absolute atomic E-state index is 0.0936. The molecule has 1 heterocycles. The van der Waals surface area contributed by atoms with Gasteiger partial charge in [0.05, 0.1) is 11.5 Å². The van der Waals surface area contributed by atoms with Crippen LogP contribution < -0.4 is 10.1 Å². The molecule has 0 unspecified atom stereocenters. The predicted molar refractivity (Wildman–Crippen MR) is 77.1 cm³/mol. The van der Waals surface area contributed by atoms with Crippen LogP contribution in [0.3, 0.4) is 0 Å². The number of rotatable bonds is 7. The minimum atomic E-state index is -0.405. The average Bonchev–Trinajstić information content (AvgIpc) is 2.48. The van der Waals surface area contributed by atoms with Crippen LogP contribution in [0.15, 0.2) is 24.3 Å². The second-order valence-electron chi connectivity index (χ2n) is 4.90. The molecule has 6 nitrogen and oxygen atoms in total. The number of nitro benzene ring substituents is 1. The number of hydrogen-bond donors (Lipinski definition) is 1. The zero-order chi connectivity index (χ0) is 14.2. The van der Waals surface area contributed by atoms with Gasteiger partial charge in [0.1, 0.15) is 5.75 Å². The number of piperazine rings is 1. The van der Waals surface area contributed by atoms with Crippen molar-refractivity contribution in [1.29, 1.82) is 0 Å². The van der Waals surface area contributed by atoms with Gasteiger partial charge in [0.25, 0.3) is 5.69 Å². The first-order valence-corrected chi connectivity index (χ1v) is 7.06. The van der Waals surface area contributed by atoms with Gasteiger partial charge in [-0.15, -0.1) is 0 Å². The lowest BCUT2D eigenvalue weighted by atomic mass is 10.2. The maximum Gasteiger partial charge on any atom is 0.269 e. The van der Waals surface area contributed by atoms with E-state index < -0.39 is 4.92 Å². The Morgan fingerprint density at radius 2 is 1.90 bits per heavy atom. The van der Waals surface area contributed by atoms with Gasteiger partial charge in [-0.1, -0.05) is 0 Å². The molecule has 2 rings (SSSR count). The molecule has 0 bridgehead atoms. The van der Waals surface area contributed by atoms with E-state index in [4.69, 9.17) is 4.74 Å². The molecule has 1 fully saturated rings. The Kier molecular flexibility index (Phi) is 5.76. The second kappa shape index (κ2) is 7.81. The van der Waals surface area contributed by atoms with Crippen LogP contribution in [-0.4, -0.2) is 49.2 Å². The van der Waals surface area contributed by atoms with Gasteiger partial charge in [-0.25, -0.2) is 0 Å². The fourth-order valence-electron chi connectivity index (χ4n) is 2.23. The topological polar surface area (TPSA) is 67.6 Å². The minimum Gasteiger partial charge on any atom is -0.494 e. The Balaban J connectivity index is 1.59. The summed E-state index contributed by atoms with van der Waals surface area (Å²) in [7, 11) is 0. The van der Waals surface area contributed by atoms with Gasteiger partial charge in [0.2, 0.25) is 0 Å². The Bertz CT molecular complexity index is 416.